The molecule has 0 aromatic carbocycles. The predicted octanol–water partition coefficient (Wildman–Crippen LogP) is -1.32. The molecule has 2 aliphatic heterocycles. The van der Waals surface area contributed by atoms with Crippen molar-refractivity contribution in [2.75, 3.05) is 11.9 Å². The maximum Gasteiger partial charge on any atom is 0.348 e. The Morgan fingerprint density at radius 1 is 1.48 bits per heavy atom. The van der Waals surface area contributed by atoms with Gasteiger partial charge in [-0.15, -0.1) is 0 Å². The number of carbonyl (C=O) groups is 1. The van der Waals surface area contributed by atoms with Crippen molar-refractivity contribution >= 4 is 28.7 Å². The molecule has 2 aromatic rings. The lowest BCUT2D eigenvalue weighted by Gasteiger charge is -2.27. The number of amides is 2. The normalized spacial score (nSPS) is 31.8. The van der Waals surface area contributed by atoms with Gasteiger partial charge in [0, 0.05) is 11.8 Å². The minimum atomic E-state index is -1.69. The van der Waals surface area contributed by atoms with E-state index in [1.54, 1.807) is 0 Å². The quantitative estimate of drug-likeness (QED) is 0.445. The van der Waals surface area contributed by atoms with Crippen LogP contribution in [0.5, 0.6) is 0 Å². The van der Waals surface area contributed by atoms with Crippen LogP contribution in [0.15, 0.2) is 17.5 Å². The first-order valence-corrected chi connectivity index (χ1v) is 7.52. The van der Waals surface area contributed by atoms with Crippen LogP contribution in [0.3, 0.4) is 0 Å². The Morgan fingerprint density at radius 2 is 2.24 bits per heavy atom. The zero-order valence-electron chi connectivity index (χ0n) is 13.1. The van der Waals surface area contributed by atoms with Crippen molar-refractivity contribution in [1.29, 1.82) is 0 Å². The van der Waals surface area contributed by atoms with Gasteiger partial charge in [0.15, 0.2) is 6.23 Å². The van der Waals surface area contributed by atoms with E-state index in [0.29, 0.717) is 16.6 Å². The Balaban J connectivity index is 1.94. The topological polar surface area (TPSA) is 168 Å². The van der Waals surface area contributed by atoms with Crippen LogP contribution in [0.2, 0.25) is 0 Å². The number of amidine groups is 1. The molecule has 2 aliphatic rings. The number of rotatable bonds is 2. The Hall–Kier alpha value is -2.60. The van der Waals surface area contributed by atoms with E-state index in [2.05, 4.69) is 20.3 Å². The minimum absolute atomic E-state index is 0.0355. The predicted molar refractivity (Wildman–Crippen MR) is 84.9 cm³/mol. The molecule has 1 unspecified atom stereocenters. The first-order chi connectivity index (χ1) is 11.8. The number of aliphatic hydroxyl groups is 3. The number of nitrogens with zero attached hydrogens (tertiary/aromatic N) is 4. The van der Waals surface area contributed by atoms with E-state index in [4.69, 9.17) is 10.5 Å². The van der Waals surface area contributed by atoms with Crippen molar-refractivity contribution in [2.24, 2.45) is 10.7 Å². The van der Waals surface area contributed by atoms with Crippen LogP contribution in [0.25, 0.3) is 11.0 Å². The average Bonchev–Trinajstić information content (AvgIpc) is 3.00. The van der Waals surface area contributed by atoms with Gasteiger partial charge in [-0.1, -0.05) is 0 Å². The Labute approximate surface area is 140 Å². The number of aromatic nitrogens is 3. The molecule has 0 radical (unpaired) electrons. The van der Waals surface area contributed by atoms with Crippen molar-refractivity contribution in [3.63, 3.8) is 0 Å². The molecule has 132 valence electrons. The SMILES string of the molecule is CC1(O)[C@H](O)[C@@H](CO)O[C@H]1n1cc2c3c(ncnc31)NC(=O)N=C2N. The highest BCUT2D eigenvalue weighted by atomic mass is 16.6. The van der Waals surface area contributed by atoms with Gasteiger partial charge in [-0.25, -0.2) is 14.8 Å². The summed E-state index contributed by atoms with van der Waals surface area (Å²) in [6.45, 7) is 0.941. The summed E-state index contributed by atoms with van der Waals surface area (Å²) < 4.78 is 7.10. The van der Waals surface area contributed by atoms with Crippen LogP contribution < -0.4 is 11.1 Å². The van der Waals surface area contributed by atoms with Gasteiger partial charge in [0.05, 0.1) is 12.0 Å². The van der Waals surface area contributed by atoms with Gasteiger partial charge in [0.25, 0.3) is 0 Å². The van der Waals surface area contributed by atoms with Gasteiger partial charge in [-0.2, -0.15) is 4.99 Å². The Morgan fingerprint density at radius 3 is 2.92 bits per heavy atom. The molecule has 25 heavy (non-hydrogen) atoms. The van der Waals surface area contributed by atoms with Crippen molar-refractivity contribution < 1.29 is 24.9 Å². The highest BCUT2D eigenvalue weighted by Gasteiger charge is 2.53. The first kappa shape index (κ1) is 15.9. The number of hydrogen-bond acceptors (Lipinski definition) is 8. The van der Waals surface area contributed by atoms with E-state index in [9.17, 15) is 20.1 Å². The molecular formula is C14H16N6O5. The van der Waals surface area contributed by atoms with Crippen LogP contribution in [0.4, 0.5) is 10.6 Å². The maximum atomic E-state index is 11.7. The van der Waals surface area contributed by atoms with Crippen molar-refractivity contribution in [2.45, 2.75) is 31.0 Å². The monoisotopic (exact) mass is 348 g/mol. The van der Waals surface area contributed by atoms with Crippen molar-refractivity contribution in [3.05, 3.63) is 18.1 Å². The van der Waals surface area contributed by atoms with Gasteiger partial charge < -0.3 is 30.4 Å². The van der Waals surface area contributed by atoms with Gasteiger partial charge in [0.2, 0.25) is 0 Å². The summed E-state index contributed by atoms with van der Waals surface area (Å²) in [5.74, 6) is 0.191. The minimum Gasteiger partial charge on any atom is -0.394 e. The molecule has 0 bridgehead atoms. The van der Waals surface area contributed by atoms with Crippen molar-refractivity contribution in [3.8, 4) is 0 Å². The van der Waals surface area contributed by atoms with Crippen molar-refractivity contribution in [1.82, 2.24) is 14.5 Å². The van der Waals surface area contributed by atoms with Gasteiger partial charge in [-0.05, 0) is 6.92 Å². The van der Waals surface area contributed by atoms with E-state index < -0.39 is 36.7 Å². The molecule has 2 aromatic heterocycles. The summed E-state index contributed by atoms with van der Waals surface area (Å²) in [5, 5.41) is 33.2. The van der Waals surface area contributed by atoms with Gasteiger partial charge >= 0.3 is 6.03 Å². The number of nitrogens with one attached hydrogen (secondary N) is 1. The number of urea groups is 1. The molecule has 11 heteroatoms. The first-order valence-electron chi connectivity index (χ1n) is 7.52. The standard InChI is InChI=1S/C14H16N6O5/c1-14(24)8(22)6(3-21)25-12(14)20-2-5-7-10(16-4-17-11(7)20)19-13(23)18-9(5)15/h2,4,6,8,12,21-22,24H,3H2,1H3,(H3,15,16,17,18,19,23)/t6-,8-,12-,14?/m1/s1. The van der Waals surface area contributed by atoms with E-state index in [0.717, 1.165) is 0 Å². The third-order valence-electron chi connectivity index (χ3n) is 4.52. The third-order valence-corrected chi connectivity index (χ3v) is 4.52. The number of aliphatic hydroxyl groups excluding tert-OH is 2. The number of carbonyl (C=O) groups excluding carboxylic acids is 1. The summed E-state index contributed by atoms with van der Waals surface area (Å²) in [4.78, 5) is 23.6. The molecule has 1 saturated heterocycles. The molecule has 2 amide bonds. The molecule has 6 N–H and O–H groups in total. The zero-order valence-corrected chi connectivity index (χ0v) is 13.1. The number of nitrogens with two attached hydrogens (primary N) is 1. The molecular weight excluding hydrogens is 332 g/mol. The fourth-order valence-electron chi connectivity index (χ4n) is 3.24. The second-order valence-electron chi connectivity index (χ2n) is 6.18. The van der Waals surface area contributed by atoms with E-state index in [1.807, 2.05) is 0 Å². The molecule has 4 heterocycles. The summed E-state index contributed by atoms with van der Waals surface area (Å²) in [6.07, 6.45) is -0.539. The average molecular weight is 348 g/mol. The largest absolute Gasteiger partial charge is 0.394 e. The molecule has 1 fully saturated rings. The van der Waals surface area contributed by atoms with Gasteiger partial charge in [-0.3, -0.25) is 5.32 Å². The number of hydrogen-bond donors (Lipinski definition) is 5. The Bertz CT molecular complexity index is 906. The number of aliphatic imine (C=N–C) groups is 1. The smallest absolute Gasteiger partial charge is 0.348 e. The molecule has 4 atom stereocenters. The fraction of sp³-hybridized carbons (Fsp3) is 0.429. The second-order valence-corrected chi connectivity index (χ2v) is 6.18. The van der Waals surface area contributed by atoms with Crippen LogP contribution in [0.1, 0.15) is 18.7 Å². The fourth-order valence-corrected chi connectivity index (χ4v) is 3.24. The summed E-state index contributed by atoms with van der Waals surface area (Å²) in [6, 6.07) is -0.653. The van der Waals surface area contributed by atoms with Crippen LogP contribution in [-0.4, -0.2) is 66.1 Å². The van der Waals surface area contributed by atoms with Crippen LogP contribution in [-0.2, 0) is 4.74 Å². The lowest BCUT2D eigenvalue weighted by molar-refractivity contribution is -0.0948. The van der Waals surface area contributed by atoms with Crippen LogP contribution in [0, 0.1) is 0 Å². The number of ether oxygens (including phenoxy) is 1. The zero-order chi connectivity index (χ0) is 17.9. The maximum absolute atomic E-state index is 11.7. The molecule has 0 spiro atoms. The number of anilines is 1. The lowest BCUT2D eigenvalue weighted by atomic mass is 9.96. The summed E-state index contributed by atoms with van der Waals surface area (Å²) in [7, 11) is 0. The van der Waals surface area contributed by atoms with Crippen LogP contribution >= 0.6 is 0 Å². The molecule has 0 saturated carbocycles. The van der Waals surface area contributed by atoms with Gasteiger partial charge in [0.1, 0.15) is 41.4 Å². The lowest BCUT2D eigenvalue weighted by Crippen LogP contribution is -2.44. The Kier molecular flexibility index (Phi) is 3.30. The molecule has 0 aliphatic carbocycles. The second kappa shape index (κ2) is 5.20. The molecule has 11 nitrogen and oxygen atoms in total. The highest BCUT2D eigenvalue weighted by molar-refractivity contribution is 6.19. The third kappa shape index (κ3) is 2.14. The summed E-state index contributed by atoms with van der Waals surface area (Å²) >= 11 is 0. The van der Waals surface area contributed by atoms with E-state index >= 15 is 0 Å². The van der Waals surface area contributed by atoms with E-state index in [1.165, 1.54) is 24.0 Å². The summed E-state index contributed by atoms with van der Waals surface area (Å²) in [5.41, 5.74) is 4.91. The molecule has 4 rings (SSSR count). The highest BCUT2D eigenvalue weighted by Crippen LogP contribution is 2.41. The van der Waals surface area contributed by atoms with E-state index in [-0.39, 0.29) is 11.7 Å².